The van der Waals surface area contributed by atoms with E-state index < -0.39 is 0 Å². The molecular formula is C17H16N6O. The fourth-order valence-electron chi connectivity index (χ4n) is 2.72. The average Bonchev–Trinajstić information content (AvgIpc) is 2.95. The van der Waals surface area contributed by atoms with E-state index in [0.29, 0.717) is 23.7 Å². The van der Waals surface area contributed by atoms with Crippen molar-refractivity contribution in [2.75, 3.05) is 12.3 Å². The number of anilines is 1. The lowest BCUT2D eigenvalue weighted by Gasteiger charge is -2.08. The van der Waals surface area contributed by atoms with E-state index in [9.17, 15) is 0 Å². The van der Waals surface area contributed by atoms with Crippen LogP contribution in [0.5, 0.6) is 5.88 Å². The maximum Gasteiger partial charge on any atom is 0.247 e. The van der Waals surface area contributed by atoms with Crippen LogP contribution in [0.2, 0.25) is 0 Å². The number of nitrogen functional groups attached to an aromatic ring is 1. The number of hydrogen-bond donors (Lipinski definition) is 1. The Kier molecular flexibility index (Phi) is 3.26. The van der Waals surface area contributed by atoms with Crippen molar-refractivity contribution in [3.63, 3.8) is 0 Å². The molecule has 24 heavy (non-hydrogen) atoms. The highest BCUT2D eigenvalue weighted by Gasteiger charge is 2.12. The van der Waals surface area contributed by atoms with Gasteiger partial charge in [0.2, 0.25) is 11.8 Å². The molecular weight excluding hydrogens is 304 g/mol. The summed E-state index contributed by atoms with van der Waals surface area (Å²) in [6.07, 6.45) is 3.72. The van der Waals surface area contributed by atoms with E-state index in [-0.39, 0.29) is 5.95 Å². The van der Waals surface area contributed by atoms with Gasteiger partial charge in [-0.2, -0.15) is 9.97 Å². The first kappa shape index (κ1) is 14.4. The van der Waals surface area contributed by atoms with Crippen molar-refractivity contribution in [2.45, 2.75) is 6.92 Å². The number of aryl methyl sites for hydroxylation is 1. The highest BCUT2D eigenvalue weighted by molar-refractivity contribution is 5.86. The number of nitrogens with two attached hydrogens (primary N) is 1. The number of fused-ring (bicyclic) bond motifs is 2. The minimum atomic E-state index is 0.124. The molecule has 0 radical (unpaired) electrons. The van der Waals surface area contributed by atoms with E-state index in [1.807, 2.05) is 26.2 Å². The van der Waals surface area contributed by atoms with Crippen molar-refractivity contribution < 1.29 is 4.74 Å². The van der Waals surface area contributed by atoms with Crippen LogP contribution in [0.3, 0.4) is 0 Å². The van der Waals surface area contributed by atoms with Crippen LogP contribution in [0.25, 0.3) is 33.3 Å². The first-order valence-corrected chi connectivity index (χ1v) is 7.64. The van der Waals surface area contributed by atoms with Gasteiger partial charge in [0.1, 0.15) is 0 Å². The summed E-state index contributed by atoms with van der Waals surface area (Å²) in [6.45, 7) is 2.35. The summed E-state index contributed by atoms with van der Waals surface area (Å²) in [7, 11) is 2.02. The van der Waals surface area contributed by atoms with E-state index in [1.54, 1.807) is 6.20 Å². The maximum atomic E-state index is 5.70. The molecule has 7 heteroatoms. The fraction of sp³-hybridized carbons (Fsp3) is 0.176. The zero-order valence-electron chi connectivity index (χ0n) is 13.4. The van der Waals surface area contributed by atoms with E-state index in [4.69, 9.17) is 10.5 Å². The van der Waals surface area contributed by atoms with Crippen LogP contribution in [0.1, 0.15) is 6.92 Å². The third-order valence-corrected chi connectivity index (χ3v) is 3.85. The van der Waals surface area contributed by atoms with Gasteiger partial charge in [-0.3, -0.25) is 0 Å². The summed E-state index contributed by atoms with van der Waals surface area (Å²) in [6, 6.07) is 8.25. The molecule has 3 aromatic heterocycles. The molecule has 1 aromatic carbocycles. The van der Waals surface area contributed by atoms with Crippen LogP contribution in [0, 0.1) is 0 Å². The first-order chi connectivity index (χ1) is 11.7. The van der Waals surface area contributed by atoms with Crippen LogP contribution in [-0.4, -0.2) is 31.1 Å². The maximum absolute atomic E-state index is 5.70. The van der Waals surface area contributed by atoms with Gasteiger partial charge in [-0.25, -0.2) is 9.97 Å². The Labute approximate surface area is 138 Å². The molecule has 4 aromatic rings. The summed E-state index contributed by atoms with van der Waals surface area (Å²) in [4.78, 5) is 17.2. The Hall–Kier alpha value is -3.22. The zero-order valence-corrected chi connectivity index (χ0v) is 13.4. The SMILES string of the molecule is CCOc1nc(N)nc2ncc(-c3ccc4c(ccn4C)c3)nc12. The third kappa shape index (κ3) is 2.30. The van der Waals surface area contributed by atoms with Crippen molar-refractivity contribution in [3.8, 4) is 17.1 Å². The predicted molar refractivity (Wildman–Crippen MR) is 92.6 cm³/mol. The largest absolute Gasteiger partial charge is 0.476 e. The molecule has 0 aliphatic heterocycles. The van der Waals surface area contributed by atoms with Gasteiger partial charge in [0, 0.05) is 29.7 Å². The molecule has 7 nitrogen and oxygen atoms in total. The number of benzene rings is 1. The van der Waals surface area contributed by atoms with Crippen LogP contribution in [-0.2, 0) is 7.05 Å². The van der Waals surface area contributed by atoms with E-state index in [2.05, 4.69) is 42.7 Å². The lowest BCUT2D eigenvalue weighted by atomic mass is 10.1. The fourth-order valence-corrected chi connectivity index (χ4v) is 2.72. The first-order valence-electron chi connectivity index (χ1n) is 7.64. The molecule has 0 spiro atoms. The molecule has 0 saturated carbocycles. The zero-order chi connectivity index (χ0) is 16.7. The standard InChI is InChI=1S/C17H16N6O/c1-3-24-16-14-15(21-17(18)22-16)19-9-12(20-14)10-4-5-13-11(8-10)6-7-23(13)2/h4-9H,3H2,1-2H3,(H2,18,19,21,22). The highest BCUT2D eigenvalue weighted by atomic mass is 16.5. The molecule has 2 N–H and O–H groups in total. The Balaban J connectivity index is 1.89. The molecule has 0 amide bonds. The lowest BCUT2D eigenvalue weighted by molar-refractivity contribution is 0.330. The Morgan fingerprint density at radius 2 is 2.04 bits per heavy atom. The van der Waals surface area contributed by atoms with Gasteiger partial charge >= 0.3 is 0 Å². The minimum Gasteiger partial charge on any atom is -0.476 e. The van der Waals surface area contributed by atoms with Crippen LogP contribution in [0.15, 0.2) is 36.7 Å². The number of nitrogens with zero attached hydrogens (tertiary/aromatic N) is 5. The van der Waals surface area contributed by atoms with Crippen molar-refractivity contribution in [2.24, 2.45) is 7.05 Å². The van der Waals surface area contributed by atoms with Gasteiger partial charge in [0.25, 0.3) is 0 Å². The number of rotatable bonds is 3. The van der Waals surface area contributed by atoms with E-state index in [1.165, 1.54) is 5.52 Å². The summed E-state index contributed by atoms with van der Waals surface area (Å²) in [5.41, 5.74) is 9.51. The summed E-state index contributed by atoms with van der Waals surface area (Å²) < 4.78 is 7.61. The average molecular weight is 320 g/mol. The second-order valence-corrected chi connectivity index (χ2v) is 5.45. The molecule has 0 aliphatic rings. The third-order valence-electron chi connectivity index (χ3n) is 3.85. The number of ether oxygens (including phenoxy) is 1. The normalized spacial score (nSPS) is 11.2. The number of aromatic nitrogens is 5. The smallest absolute Gasteiger partial charge is 0.247 e. The van der Waals surface area contributed by atoms with E-state index >= 15 is 0 Å². The van der Waals surface area contributed by atoms with Crippen LogP contribution in [0.4, 0.5) is 5.95 Å². The lowest BCUT2D eigenvalue weighted by Crippen LogP contribution is -2.04. The van der Waals surface area contributed by atoms with Gasteiger partial charge < -0.3 is 15.0 Å². The number of hydrogen-bond acceptors (Lipinski definition) is 6. The van der Waals surface area contributed by atoms with Crippen molar-refractivity contribution in [3.05, 3.63) is 36.7 Å². The molecule has 0 unspecified atom stereocenters. The highest BCUT2D eigenvalue weighted by Crippen LogP contribution is 2.26. The van der Waals surface area contributed by atoms with Gasteiger partial charge in [0.05, 0.1) is 18.5 Å². The van der Waals surface area contributed by atoms with Gasteiger partial charge in [-0.05, 0) is 25.1 Å². The Morgan fingerprint density at radius 1 is 1.17 bits per heavy atom. The Morgan fingerprint density at radius 3 is 2.88 bits per heavy atom. The second kappa shape index (κ2) is 5.45. The molecule has 0 bridgehead atoms. The van der Waals surface area contributed by atoms with E-state index in [0.717, 1.165) is 16.6 Å². The van der Waals surface area contributed by atoms with Gasteiger partial charge in [-0.15, -0.1) is 0 Å². The molecule has 0 saturated heterocycles. The van der Waals surface area contributed by atoms with Crippen molar-refractivity contribution in [1.82, 2.24) is 24.5 Å². The topological polar surface area (TPSA) is 91.7 Å². The van der Waals surface area contributed by atoms with Crippen LogP contribution >= 0.6 is 0 Å². The van der Waals surface area contributed by atoms with Crippen molar-refractivity contribution >= 4 is 28.0 Å². The molecule has 120 valence electrons. The molecule has 0 aliphatic carbocycles. The predicted octanol–water partition coefficient (Wildman–Crippen LogP) is 2.56. The molecule has 0 atom stereocenters. The summed E-state index contributed by atoms with van der Waals surface area (Å²) >= 11 is 0. The molecule has 4 rings (SSSR count). The molecule has 3 heterocycles. The van der Waals surface area contributed by atoms with Gasteiger partial charge in [0.15, 0.2) is 11.2 Å². The summed E-state index contributed by atoms with van der Waals surface area (Å²) in [5.74, 6) is 0.480. The van der Waals surface area contributed by atoms with Gasteiger partial charge in [-0.1, -0.05) is 6.07 Å². The van der Waals surface area contributed by atoms with Crippen molar-refractivity contribution in [1.29, 1.82) is 0 Å². The second-order valence-electron chi connectivity index (χ2n) is 5.45. The monoisotopic (exact) mass is 320 g/mol. The quantitative estimate of drug-likeness (QED) is 0.624. The molecule has 0 fully saturated rings. The Bertz CT molecular complexity index is 1060. The van der Waals surface area contributed by atoms with Crippen LogP contribution < -0.4 is 10.5 Å². The summed E-state index contributed by atoms with van der Waals surface area (Å²) in [5, 5.41) is 1.15. The minimum absolute atomic E-state index is 0.124.